The molecule has 0 saturated carbocycles. The molecule has 1 saturated heterocycles. The topological polar surface area (TPSA) is 45.2 Å². The number of benzene rings is 1. The minimum absolute atomic E-state index is 0.0135. The second-order valence-electron chi connectivity index (χ2n) is 6.71. The van der Waals surface area contributed by atoms with Crippen molar-refractivity contribution in [2.24, 2.45) is 0 Å². The number of nitrogens with zero attached hydrogens (tertiary/aromatic N) is 2. The van der Waals surface area contributed by atoms with E-state index in [0.717, 1.165) is 43.8 Å². The summed E-state index contributed by atoms with van der Waals surface area (Å²) >= 11 is 1.66. The number of rotatable bonds is 3. The predicted molar refractivity (Wildman–Crippen MR) is 97.6 cm³/mol. The average Bonchev–Trinajstić information content (AvgIpc) is 3.21. The van der Waals surface area contributed by atoms with Gasteiger partial charge in [-0.15, -0.1) is 11.3 Å². The highest BCUT2D eigenvalue weighted by Crippen LogP contribution is 2.30. The minimum atomic E-state index is 0.0135. The van der Waals surface area contributed by atoms with E-state index in [9.17, 15) is 4.79 Å². The standard InChI is InChI=1S/C19H23N3OS/c23-19(21-18-20-16-10-4-5-11-17(16)24-18)22-12-6-9-15(22)13-14-7-2-1-3-8-14/h1-3,7-8,15H,4-6,9-13H2,(H,20,21,23). The molecule has 0 radical (unpaired) electrons. The SMILES string of the molecule is O=C(Nc1nc2c(s1)CCCC2)N1CCCC1Cc1ccccc1. The van der Waals surface area contributed by atoms with Gasteiger partial charge in [-0.2, -0.15) is 0 Å². The maximum Gasteiger partial charge on any atom is 0.323 e. The molecule has 1 atom stereocenters. The summed E-state index contributed by atoms with van der Waals surface area (Å²) in [4.78, 5) is 20.7. The Morgan fingerprint density at radius 2 is 2.04 bits per heavy atom. The molecule has 0 bridgehead atoms. The van der Waals surface area contributed by atoms with Gasteiger partial charge in [0.2, 0.25) is 0 Å². The summed E-state index contributed by atoms with van der Waals surface area (Å²) in [6, 6.07) is 10.8. The molecule has 2 amide bonds. The van der Waals surface area contributed by atoms with E-state index in [1.54, 1.807) is 11.3 Å². The summed E-state index contributed by atoms with van der Waals surface area (Å²) < 4.78 is 0. The Hall–Kier alpha value is -1.88. The summed E-state index contributed by atoms with van der Waals surface area (Å²) in [7, 11) is 0. The summed E-state index contributed by atoms with van der Waals surface area (Å²) in [6.07, 6.45) is 7.73. The van der Waals surface area contributed by atoms with Crippen LogP contribution in [0.5, 0.6) is 0 Å². The zero-order valence-electron chi connectivity index (χ0n) is 13.8. The molecule has 1 aliphatic carbocycles. The van der Waals surface area contributed by atoms with Gasteiger partial charge < -0.3 is 4.90 Å². The lowest BCUT2D eigenvalue weighted by molar-refractivity contribution is 0.206. The van der Waals surface area contributed by atoms with Gasteiger partial charge in [-0.3, -0.25) is 5.32 Å². The number of carbonyl (C=O) groups excluding carboxylic acids is 1. The van der Waals surface area contributed by atoms with Crippen LogP contribution in [0.15, 0.2) is 30.3 Å². The van der Waals surface area contributed by atoms with Gasteiger partial charge in [0.1, 0.15) is 0 Å². The number of thiazole rings is 1. The molecule has 2 aromatic rings. The van der Waals surface area contributed by atoms with Crippen LogP contribution in [0.3, 0.4) is 0 Å². The maximum absolute atomic E-state index is 12.7. The number of nitrogens with one attached hydrogen (secondary N) is 1. The quantitative estimate of drug-likeness (QED) is 0.906. The number of carbonyl (C=O) groups is 1. The number of likely N-dealkylation sites (tertiary alicyclic amines) is 1. The number of anilines is 1. The first-order chi connectivity index (χ1) is 11.8. The van der Waals surface area contributed by atoms with Crippen molar-refractivity contribution in [1.29, 1.82) is 0 Å². The van der Waals surface area contributed by atoms with Gasteiger partial charge in [0.05, 0.1) is 5.69 Å². The zero-order chi connectivity index (χ0) is 16.4. The molecule has 0 spiro atoms. The normalized spacial score (nSPS) is 20.0. The Bertz CT molecular complexity index is 689. The van der Waals surface area contributed by atoms with Crippen molar-refractivity contribution in [1.82, 2.24) is 9.88 Å². The summed E-state index contributed by atoms with van der Waals surface area (Å²) in [5.41, 5.74) is 2.50. The van der Waals surface area contributed by atoms with E-state index in [-0.39, 0.29) is 6.03 Å². The third-order valence-electron chi connectivity index (χ3n) is 5.01. The van der Waals surface area contributed by atoms with E-state index in [1.807, 2.05) is 11.0 Å². The lowest BCUT2D eigenvalue weighted by atomic mass is 10.0. The zero-order valence-corrected chi connectivity index (χ0v) is 14.6. The maximum atomic E-state index is 12.7. The van der Waals surface area contributed by atoms with Crippen molar-refractivity contribution in [2.45, 2.75) is 51.0 Å². The number of hydrogen-bond acceptors (Lipinski definition) is 3. The third-order valence-corrected chi connectivity index (χ3v) is 6.08. The Morgan fingerprint density at radius 1 is 1.21 bits per heavy atom. The number of aryl methyl sites for hydroxylation is 2. The first-order valence-corrected chi connectivity index (χ1v) is 9.71. The highest BCUT2D eigenvalue weighted by atomic mass is 32.1. The Kier molecular flexibility index (Phi) is 4.52. The van der Waals surface area contributed by atoms with Crippen molar-refractivity contribution in [3.8, 4) is 0 Å². The fourth-order valence-corrected chi connectivity index (χ4v) is 4.81. The lowest BCUT2D eigenvalue weighted by Crippen LogP contribution is -2.39. The van der Waals surface area contributed by atoms with Crippen LogP contribution >= 0.6 is 11.3 Å². The molecule has 2 heterocycles. The molecule has 1 aliphatic heterocycles. The van der Waals surface area contributed by atoms with Gasteiger partial charge in [0.25, 0.3) is 0 Å². The van der Waals surface area contributed by atoms with Crippen LogP contribution in [0, 0.1) is 0 Å². The lowest BCUT2D eigenvalue weighted by Gasteiger charge is -2.24. The number of amides is 2. The average molecular weight is 341 g/mol. The second-order valence-corrected chi connectivity index (χ2v) is 7.79. The monoisotopic (exact) mass is 341 g/mol. The molecule has 1 unspecified atom stereocenters. The number of fused-ring (bicyclic) bond motifs is 1. The van der Waals surface area contributed by atoms with Gasteiger partial charge in [0, 0.05) is 17.5 Å². The van der Waals surface area contributed by atoms with Crippen molar-refractivity contribution in [3.63, 3.8) is 0 Å². The molecule has 126 valence electrons. The van der Waals surface area contributed by atoms with Crippen LogP contribution in [0.1, 0.15) is 41.8 Å². The smallest absolute Gasteiger partial charge is 0.321 e. The molecule has 1 aromatic carbocycles. The number of urea groups is 1. The molecule has 5 heteroatoms. The van der Waals surface area contributed by atoms with Crippen molar-refractivity contribution in [2.75, 3.05) is 11.9 Å². The molecule has 24 heavy (non-hydrogen) atoms. The molecule has 4 rings (SSSR count). The third kappa shape index (κ3) is 3.31. The van der Waals surface area contributed by atoms with Crippen LogP contribution < -0.4 is 5.32 Å². The van der Waals surface area contributed by atoms with Gasteiger partial charge in [-0.1, -0.05) is 30.3 Å². The summed E-state index contributed by atoms with van der Waals surface area (Å²) in [6.45, 7) is 0.842. The number of aromatic nitrogens is 1. The fraction of sp³-hybridized carbons (Fsp3) is 0.474. The van der Waals surface area contributed by atoms with Gasteiger partial charge >= 0.3 is 6.03 Å². The van der Waals surface area contributed by atoms with E-state index in [2.05, 4.69) is 34.6 Å². The molecule has 1 fully saturated rings. The first kappa shape index (κ1) is 15.6. The molecule has 2 aliphatic rings. The minimum Gasteiger partial charge on any atom is -0.321 e. The highest BCUT2D eigenvalue weighted by molar-refractivity contribution is 7.15. The van der Waals surface area contributed by atoms with E-state index in [1.165, 1.54) is 29.0 Å². The van der Waals surface area contributed by atoms with Gasteiger partial charge in [-0.25, -0.2) is 9.78 Å². The second kappa shape index (κ2) is 6.93. The van der Waals surface area contributed by atoms with E-state index >= 15 is 0 Å². The largest absolute Gasteiger partial charge is 0.323 e. The molecular formula is C19H23N3OS. The van der Waals surface area contributed by atoms with Crippen LogP contribution in [0.25, 0.3) is 0 Å². The van der Waals surface area contributed by atoms with Crippen LogP contribution in [-0.2, 0) is 19.3 Å². The molecular weight excluding hydrogens is 318 g/mol. The number of hydrogen-bond donors (Lipinski definition) is 1. The summed E-state index contributed by atoms with van der Waals surface area (Å²) in [5.74, 6) is 0. The van der Waals surface area contributed by atoms with Crippen molar-refractivity contribution >= 4 is 22.5 Å². The summed E-state index contributed by atoms with van der Waals surface area (Å²) in [5, 5.41) is 3.83. The fourth-order valence-electron chi connectivity index (χ4n) is 3.77. The van der Waals surface area contributed by atoms with Crippen LogP contribution in [0.4, 0.5) is 9.93 Å². The predicted octanol–water partition coefficient (Wildman–Crippen LogP) is 4.26. The van der Waals surface area contributed by atoms with Crippen molar-refractivity contribution < 1.29 is 4.79 Å². The van der Waals surface area contributed by atoms with Crippen molar-refractivity contribution in [3.05, 3.63) is 46.5 Å². The molecule has 4 nitrogen and oxygen atoms in total. The highest BCUT2D eigenvalue weighted by Gasteiger charge is 2.29. The van der Waals surface area contributed by atoms with Crippen LogP contribution in [0.2, 0.25) is 0 Å². The van der Waals surface area contributed by atoms with E-state index in [4.69, 9.17) is 0 Å². The molecule has 1 N–H and O–H groups in total. The molecule has 1 aromatic heterocycles. The van der Waals surface area contributed by atoms with Gasteiger partial charge in [-0.05, 0) is 50.5 Å². The Labute approximate surface area is 146 Å². The Morgan fingerprint density at radius 3 is 2.88 bits per heavy atom. The van der Waals surface area contributed by atoms with Crippen LogP contribution in [-0.4, -0.2) is 28.5 Å². The van der Waals surface area contributed by atoms with E-state index < -0.39 is 0 Å². The Balaban J connectivity index is 1.42. The first-order valence-electron chi connectivity index (χ1n) is 8.90. The van der Waals surface area contributed by atoms with Gasteiger partial charge in [0.15, 0.2) is 5.13 Å². The van der Waals surface area contributed by atoms with E-state index in [0.29, 0.717) is 6.04 Å².